The summed E-state index contributed by atoms with van der Waals surface area (Å²) in [5.41, 5.74) is 0. The molecule has 0 aromatic rings. The first-order chi connectivity index (χ1) is 5.27. The fraction of sp³-hybridized carbons (Fsp3) is 1.00. The molecule has 0 aromatic heterocycles. The van der Waals surface area contributed by atoms with E-state index in [1.807, 2.05) is 0 Å². The molecule has 11 heavy (non-hydrogen) atoms. The Hall–Kier alpha value is 0.217. The lowest BCUT2D eigenvalue weighted by molar-refractivity contribution is 0.360. The maximum absolute atomic E-state index is 2.42. The zero-order chi connectivity index (χ0) is 8.27. The van der Waals surface area contributed by atoms with Crippen LogP contribution >= 0.6 is 0 Å². The number of fused-ring (bicyclic) bond motifs is 2. The summed E-state index contributed by atoms with van der Waals surface area (Å²) in [7, 11) is 0.417. The van der Waals surface area contributed by atoms with Crippen LogP contribution in [-0.4, -0.2) is 9.52 Å². The van der Waals surface area contributed by atoms with Crippen molar-refractivity contribution >= 4 is 9.52 Å². The molecule has 0 radical (unpaired) electrons. The molecule has 0 amide bonds. The van der Waals surface area contributed by atoms with Gasteiger partial charge in [0, 0.05) is 9.52 Å². The van der Waals surface area contributed by atoms with Gasteiger partial charge < -0.3 is 0 Å². The topological polar surface area (TPSA) is 0 Å². The van der Waals surface area contributed by atoms with Crippen molar-refractivity contribution in [2.24, 2.45) is 17.8 Å². The molecule has 0 saturated heterocycles. The number of rotatable bonds is 0. The molecule has 0 aliphatic heterocycles. The van der Waals surface area contributed by atoms with E-state index in [1.165, 1.54) is 0 Å². The molecule has 0 N–H and O–H groups in total. The van der Waals surface area contributed by atoms with Crippen molar-refractivity contribution in [3.8, 4) is 0 Å². The molecule has 2 aliphatic carbocycles. The van der Waals surface area contributed by atoms with Crippen molar-refractivity contribution in [1.29, 1.82) is 0 Å². The molecule has 3 unspecified atom stereocenters. The Bertz CT molecular complexity index is 109. The van der Waals surface area contributed by atoms with Crippen LogP contribution in [0.3, 0.4) is 0 Å². The normalized spacial score (nSPS) is 40.1. The summed E-state index contributed by atoms with van der Waals surface area (Å²) in [5, 5.41) is 0. The van der Waals surface area contributed by atoms with Crippen molar-refractivity contribution in [3.63, 3.8) is 0 Å². The first-order valence-corrected chi connectivity index (χ1v) is 8.10. The van der Waals surface area contributed by atoms with E-state index in [0.29, 0.717) is 9.52 Å². The monoisotopic (exact) mass is 170 g/mol. The lowest BCUT2D eigenvalue weighted by atomic mass is 9.91. The molecule has 0 spiro atoms. The quantitative estimate of drug-likeness (QED) is 0.490. The molecule has 3 atom stereocenters. The van der Waals surface area contributed by atoms with Crippen molar-refractivity contribution in [1.82, 2.24) is 0 Å². The van der Waals surface area contributed by atoms with Gasteiger partial charge in [0.05, 0.1) is 0 Å². The minimum Gasteiger partial charge on any atom is -0.0750 e. The Morgan fingerprint density at radius 3 is 1.91 bits per heavy atom. The summed E-state index contributed by atoms with van der Waals surface area (Å²) in [5.74, 6) is 3.36. The molecule has 0 nitrogen and oxygen atoms in total. The Kier molecular flexibility index (Phi) is 3.63. The highest BCUT2D eigenvalue weighted by molar-refractivity contribution is 6.31. The zero-order valence-corrected chi connectivity index (χ0v) is 9.68. The first-order valence-electron chi connectivity index (χ1n) is 5.27. The maximum atomic E-state index is 2.42. The van der Waals surface area contributed by atoms with Crippen molar-refractivity contribution in [3.05, 3.63) is 0 Å². The smallest absolute Gasteiger partial charge is 0.0135 e. The summed E-state index contributed by atoms with van der Waals surface area (Å²) in [6.07, 6.45) is 6.21. The van der Waals surface area contributed by atoms with Gasteiger partial charge in [0.25, 0.3) is 0 Å². The zero-order valence-electron chi connectivity index (χ0n) is 8.27. The van der Waals surface area contributed by atoms with E-state index in [2.05, 4.69) is 20.0 Å². The molecule has 2 saturated carbocycles. The Balaban J connectivity index is 0.000000179. The number of hydrogen-bond donors (Lipinski definition) is 0. The standard InChI is InChI=1S/C8H14.C2H8Si/c1-6-4-7-2-3-8(6)5-7;1-3-2/h6-8H,2-5H2,1H3;3H2,1-2H3. The highest BCUT2D eigenvalue weighted by Gasteiger charge is 2.36. The van der Waals surface area contributed by atoms with E-state index in [9.17, 15) is 0 Å². The van der Waals surface area contributed by atoms with E-state index in [4.69, 9.17) is 0 Å². The first kappa shape index (κ1) is 9.31. The fourth-order valence-corrected chi connectivity index (χ4v) is 2.56. The van der Waals surface area contributed by atoms with Crippen LogP contribution < -0.4 is 0 Å². The van der Waals surface area contributed by atoms with Gasteiger partial charge in [-0.25, -0.2) is 0 Å². The van der Waals surface area contributed by atoms with Crippen LogP contribution in [0.1, 0.15) is 32.6 Å². The molecule has 0 aromatic carbocycles. The predicted molar refractivity (Wildman–Crippen MR) is 54.9 cm³/mol. The average molecular weight is 170 g/mol. The molecular weight excluding hydrogens is 148 g/mol. The highest BCUT2D eigenvalue weighted by Crippen LogP contribution is 2.47. The third kappa shape index (κ3) is 2.33. The van der Waals surface area contributed by atoms with Crippen LogP contribution in [0.15, 0.2) is 0 Å². The summed E-state index contributed by atoms with van der Waals surface area (Å²) < 4.78 is 0. The van der Waals surface area contributed by atoms with Crippen LogP contribution in [0.2, 0.25) is 13.1 Å². The highest BCUT2D eigenvalue weighted by atomic mass is 28.2. The molecular formula is C10H22Si. The van der Waals surface area contributed by atoms with Gasteiger partial charge in [0.2, 0.25) is 0 Å². The molecule has 2 aliphatic rings. The van der Waals surface area contributed by atoms with Crippen LogP contribution in [0.25, 0.3) is 0 Å². The third-order valence-electron chi connectivity index (χ3n) is 3.09. The Morgan fingerprint density at radius 1 is 1.09 bits per heavy atom. The largest absolute Gasteiger partial charge is 0.0750 e. The van der Waals surface area contributed by atoms with Crippen LogP contribution in [0.5, 0.6) is 0 Å². The van der Waals surface area contributed by atoms with E-state index < -0.39 is 0 Å². The molecule has 0 heterocycles. The van der Waals surface area contributed by atoms with Crippen LogP contribution in [0.4, 0.5) is 0 Å². The van der Waals surface area contributed by atoms with E-state index >= 15 is 0 Å². The SMILES string of the molecule is CC1CC2CCC1C2.C[SiH2]C. The van der Waals surface area contributed by atoms with Gasteiger partial charge in [-0.3, -0.25) is 0 Å². The molecule has 2 fully saturated rings. The Labute approximate surface area is 73.6 Å². The lowest BCUT2D eigenvalue weighted by Gasteiger charge is -2.15. The second-order valence-electron chi connectivity index (χ2n) is 4.36. The minimum absolute atomic E-state index is 0.417. The molecule has 66 valence electrons. The number of hydrogen-bond acceptors (Lipinski definition) is 0. The summed E-state index contributed by atoms with van der Waals surface area (Å²) in [6.45, 7) is 6.95. The lowest BCUT2D eigenvalue weighted by Crippen LogP contribution is -2.04. The van der Waals surface area contributed by atoms with Gasteiger partial charge in [0.1, 0.15) is 0 Å². The maximum Gasteiger partial charge on any atom is 0.0135 e. The Morgan fingerprint density at radius 2 is 1.73 bits per heavy atom. The van der Waals surface area contributed by atoms with E-state index in [-0.39, 0.29) is 0 Å². The average Bonchev–Trinajstić information content (AvgIpc) is 2.48. The molecule has 2 rings (SSSR count). The van der Waals surface area contributed by atoms with E-state index in [0.717, 1.165) is 17.8 Å². The summed E-state index contributed by atoms with van der Waals surface area (Å²) >= 11 is 0. The minimum atomic E-state index is 0.417. The second kappa shape index (κ2) is 4.29. The van der Waals surface area contributed by atoms with Gasteiger partial charge in [0.15, 0.2) is 0 Å². The van der Waals surface area contributed by atoms with Crippen LogP contribution in [0, 0.1) is 17.8 Å². The second-order valence-corrected chi connectivity index (χ2v) is 5.77. The molecule has 1 heteroatoms. The van der Waals surface area contributed by atoms with Gasteiger partial charge >= 0.3 is 0 Å². The molecule has 2 bridgehead atoms. The predicted octanol–water partition coefficient (Wildman–Crippen LogP) is 2.69. The van der Waals surface area contributed by atoms with Gasteiger partial charge in [-0.05, 0) is 37.0 Å². The van der Waals surface area contributed by atoms with Crippen LogP contribution in [-0.2, 0) is 0 Å². The summed E-state index contributed by atoms with van der Waals surface area (Å²) in [6, 6.07) is 0. The fourth-order valence-electron chi connectivity index (χ4n) is 2.56. The van der Waals surface area contributed by atoms with Crippen molar-refractivity contribution in [2.75, 3.05) is 0 Å². The van der Waals surface area contributed by atoms with Crippen molar-refractivity contribution < 1.29 is 0 Å². The van der Waals surface area contributed by atoms with Gasteiger partial charge in [-0.1, -0.05) is 26.4 Å². The summed E-state index contributed by atoms with van der Waals surface area (Å²) in [4.78, 5) is 0. The third-order valence-corrected chi connectivity index (χ3v) is 3.09. The van der Waals surface area contributed by atoms with Gasteiger partial charge in [-0.2, -0.15) is 0 Å². The van der Waals surface area contributed by atoms with E-state index in [1.54, 1.807) is 25.7 Å². The van der Waals surface area contributed by atoms with Gasteiger partial charge in [-0.15, -0.1) is 0 Å². The van der Waals surface area contributed by atoms with Crippen molar-refractivity contribution in [2.45, 2.75) is 45.7 Å².